The van der Waals surface area contributed by atoms with E-state index in [2.05, 4.69) is 0 Å². The van der Waals surface area contributed by atoms with Crippen molar-refractivity contribution in [2.24, 2.45) is 5.92 Å². The van der Waals surface area contributed by atoms with Crippen LogP contribution in [0.1, 0.15) is 17.9 Å². The molecule has 1 aliphatic carbocycles. The van der Waals surface area contributed by atoms with Crippen molar-refractivity contribution in [2.45, 2.75) is 17.2 Å². The van der Waals surface area contributed by atoms with Crippen molar-refractivity contribution in [3.05, 3.63) is 65.7 Å². The van der Waals surface area contributed by atoms with E-state index in [9.17, 15) is 22.0 Å². The van der Waals surface area contributed by atoms with Crippen molar-refractivity contribution >= 4 is 15.9 Å². The number of amides is 1. The highest BCUT2D eigenvalue weighted by atomic mass is 32.2. The number of carbonyl (C=O) groups is 1. The molecule has 1 saturated heterocycles. The van der Waals surface area contributed by atoms with Crippen molar-refractivity contribution in [3.63, 3.8) is 0 Å². The highest BCUT2D eigenvalue weighted by Crippen LogP contribution is 2.49. The topological polar surface area (TPSA) is 57.7 Å². The smallest absolute Gasteiger partial charge is 0.246 e. The van der Waals surface area contributed by atoms with Gasteiger partial charge in [-0.2, -0.15) is 4.31 Å². The molecule has 2 fully saturated rings. The number of benzene rings is 2. The van der Waals surface area contributed by atoms with Crippen LogP contribution in [0.15, 0.2) is 53.4 Å². The quantitative estimate of drug-likeness (QED) is 0.784. The molecule has 0 spiro atoms. The SMILES string of the molecule is O=C(C1CC1c1ccccc1F)N1CCN(S(=O)(=O)c2ccccc2F)CC1. The number of piperazine rings is 1. The summed E-state index contributed by atoms with van der Waals surface area (Å²) in [7, 11) is -3.94. The first-order valence-electron chi connectivity index (χ1n) is 9.17. The number of sulfonamides is 1. The molecule has 148 valence electrons. The second-order valence-corrected chi connectivity index (χ2v) is 9.04. The Morgan fingerprint density at radius 3 is 2.14 bits per heavy atom. The zero-order chi connectivity index (χ0) is 19.9. The average Bonchev–Trinajstić information content (AvgIpc) is 3.48. The fourth-order valence-electron chi connectivity index (χ4n) is 3.76. The third kappa shape index (κ3) is 3.42. The van der Waals surface area contributed by atoms with Crippen LogP contribution in [0.4, 0.5) is 8.78 Å². The van der Waals surface area contributed by atoms with Crippen molar-refractivity contribution in [1.29, 1.82) is 0 Å². The molecule has 2 atom stereocenters. The Kier molecular flexibility index (Phi) is 4.93. The zero-order valence-electron chi connectivity index (χ0n) is 15.1. The fraction of sp³-hybridized carbons (Fsp3) is 0.350. The summed E-state index contributed by atoms with van der Waals surface area (Å²) in [6, 6.07) is 11.7. The van der Waals surface area contributed by atoms with Crippen LogP contribution in [0.3, 0.4) is 0 Å². The lowest BCUT2D eigenvalue weighted by Gasteiger charge is -2.34. The van der Waals surface area contributed by atoms with Gasteiger partial charge in [0.05, 0.1) is 0 Å². The van der Waals surface area contributed by atoms with Gasteiger partial charge < -0.3 is 4.90 Å². The molecule has 0 bridgehead atoms. The van der Waals surface area contributed by atoms with Crippen molar-refractivity contribution < 1.29 is 22.0 Å². The van der Waals surface area contributed by atoms with Crippen LogP contribution in [-0.4, -0.2) is 49.7 Å². The molecular weight excluding hydrogens is 386 g/mol. The lowest BCUT2D eigenvalue weighted by atomic mass is 10.1. The molecule has 5 nitrogen and oxygen atoms in total. The number of nitrogens with zero attached hydrogens (tertiary/aromatic N) is 2. The van der Waals surface area contributed by atoms with E-state index in [0.29, 0.717) is 12.0 Å². The van der Waals surface area contributed by atoms with E-state index in [-0.39, 0.29) is 54.6 Å². The second kappa shape index (κ2) is 7.25. The molecule has 0 N–H and O–H groups in total. The van der Waals surface area contributed by atoms with Crippen LogP contribution in [0.25, 0.3) is 0 Å². The van der Waals surface area contributed by atoms with Gasteiger partial charge in [-0.05, 0) is 36.1 Å². The van der Waals surface area contributed by atoms with E-state index >= 15 is 0 Å². The number of rotatable bonds is 4. The van der Waals surface area contributed by atoms with E-state index in [0.717, 1.165) is 6.07 Å². The van der Waals surface area contributed by atoms with E-state index in [4.69, 9.17) is 0 Å². The van der Waals surface area contributed by atoms with E-state index in [1.807, 2.05) is 0 Å². The van der Waals surface area contributed by atoms with Gasteiger partial charge in [0.2, 0.25) is 15.9 Å². The maximum atomic E-state index is 13.9. The Hall–Kier alpha value is -2.32. The zero-order valence-corrected chi connectivity index (χ0v) is 15.9. The summed E-state index contributed by atoms with van der Waals surface area (Å²) in [6.07, 6.45) is 0.605. The summed E-state index contributed by atoms with van der Waals surface area (Å²) in [5.41, 5.74) is 0.557. The highest BCUT2D eigenvalue weighted by molar-refractivity contribution is 7.89. The Morgan fingerprint density at radius 1 is 0.893 bits per heavy atom. The summed E-state index contributed by atoms with van der Waals surface area (Å²) >= 11 is 0. The second-order valence-electron chi connectivity index (χ2n) is 7.13. The lowest BCUT2D eigenvalue weighted by Crippen LogP contribution is -2.51. The molecule has 2 aromatic rings. The molecule has 28 heavy (non-hydrogen) atoms. The van der Waals surface area contributed by atoms with Gasteiger partial charge in [-0.3, -0.25) is 4.79 Å². The van der Waals surface area contributed by atoms with E-state index < -0.39 is 15.8 Å². The first-order chi connectivity index (χ1) is 13.4. The number of carbonyl (C=O) groups excluding carboxylic acids is 1. The monoisotopic (exact) mass is 406 g/mol. The van der Waals surface area contributed by atoms with Gasteiger partial charge in [0.1, 0.15) is 16.5 Å². The van der Waals surface area contributed by atoms with Crippen LogP contribution in [0.2, 0.25) is 0 Å². The number of hydrogen-bond acceptors (Lipinski definition) is 3. The van der Waals surface area contributed by atoms with Crippen molar-refractivity contribution in [2.75, 3.05) is 26.2 Å². The first-order valence-corrected chi connectivity index (χ1v) is 10.6. The maximum Gasteiger partial charge on any atom is 0.246 e. The van der Waals surface area contributed by atoms with Crippen LogP contribution < -0.4 is 0 Å². The van der Waals surface area contributed by atoms with Crippen LogP contribution >= 0.6 is 0 Å². The van der Waals surface area contributed by atoms with Crippen LogP contribution in [0, 0.1) is 17.6 Å². The van der Waals surface area contributed by atoms with Gasteiger partial charge >= 0.3 is 0 Å². The molecule has 8 heteroatoms. The molecule has 2 unspecified atom stereocenters. The molecule has 1 heterocycles. The van der Waals surface area contributed by atoms with Gasteiger partial charge in [0.15, 0.2) is 0 Å². The number of hydrogen-bond donors (Lipinski definition) is 0. The van der Waals surface area contributed by atoms with E-state index in [1.165, 1.54) is 28.6 Å². The summed E-state index contributed by atoms with van der Waals surface area (Å²) in [5, 5.41) is 0. The molecule has 0 aromatic heterocycles. The molecule has 1 amide bonds. The fourth-order valence-corrected chi connectivity index (χ4v) is 5.25. The predicted octanol–water partition coefficient (Wildman–Crippen LogP) is 2.60. The predicted molar refractivity (Wildman–Crippen MR) is 99.0 cm³/mol. The lowest BCUT2D eigenvalue weighted by molar-refractivity contribution is -0.133. The normalized spacial score (nSPS) is 22.9. The van der Waals surface area contributed by atoms with Crippen molar-refractivity contribution in [3.8, 4) is 0 Å². The Bertz CT molecular complexity index is 1000. The van der Waals surface area contributed by atoms with Crippen LogP contribution in [-0.2, 0) is 14.8 Å². The molecule has 4 rings (SSSR count). The Morgan fingerprint density at radius 2 is 1.50 bits per heavy atom. The summed E-state index contributed by atoms with van der Waals surface area (Å²) in [5.74, 6) is -1.54. The molecular formula is C20H20F2N2O3S. The Labute approximate surface area is 162 Å². The standard InChI is InChI=1S/C20H20F2N2O3S/c21-17-6-2-1-5-14(17)15-13-16(15)20(25)23-9-11-24(12-10-23)28(26,27)19-8-4-3-7-18(19)22/h1-8,15-16H,9-13H2. The summed E-state index contributed by atoms with van der Waals surface area (Å²) in [4.78, 5) is 14.0. The minimum absolute atomic E-state index is 0.0730. The third-order valence-electron chi connectivity index (χ3n) is 5.42. The summed E-state index contributed by atoms with van der Waals surface area (Å²) < 4.78 is 54.3. The minimum atomic E-state index is -3.94. The van der Waals surface area contributed by atoms with Gasteiger partial charge in [-0.15, -0.1) is 0 Å². The van der Waals surface area contributed by atoms with Gasteiger partial charge in [-0.25, -0.2) is 17.2 Å². The number of halogens is 2. The van der Waals surface area contributed by atoms with Gasteiger partial charge in [-0.1, -0.05) is 30.3 Å². The van der Waals surface area contributed by atoms with Crippen LogP contribution in [0.5, 0.6) is 0 Å². The maximum absolute atomic E-state index is 13.9. The van der Waals surface area contributed by atoms with E-state index in [1.54, 1.807) is 23.1 Å². The largest absolute Gasteiger partial charge is 0.340 e. The van der Waals surface area contributed by atoms with Crippen molar-refractivity contribution in [1.82, 2.24) is 9.21 Å². The Balaban J connectivity index is 1.39. The molecule has 2 aromatic carbocycles. The minimum Gasteiger partial charge on any atom is -0.340 e. The molecule has 1 saturated carbocycles. The highest BCUT2D eigenvalue weighted by Gasteiger charge is 2.47. The third-order valence-corrected chi connectivity index (χ3v) is 7.35. The average molecular weight is 406 g/mol. The first kappa shape index (κ1) is 19.0. The molecule has 2 aliphatic rings. The molecule has 0 radical (unpaired) electrons. The van der Waals surface area contributed by atoms with Gasteiger partial charge in [0.25, 0.3) is 0 Å². The summed E-state index contributed by atoms with van der Waals surface area (Å²) in [6.45, 7) is 0.707. The molecule has 1 aliphatic heterocycles. The van der Waals surface area contributed by atoms with Gasteiger partial charge in [0, 0.05) is 32.1 Å².